The molecule has 1 saturated carbocycles. The molecule has 1 unspecified atom stereocenters. The van der Waals surface area contributed by atoms with E-state index in [-0.39, 0.29) is 0 Å². The van der Waals surface area contributed by atoms with Crippen molar-refractivity contribution in [1.82, 2.24) is 0 Å². The van der Waals surface area contributed by atoms with Crippen LogP contribution in [0.4, 0.5) is 0 Å². The van der Waals surface area contributed by atoms with Gasteiger partial charge in [-0.2, -0.15) is 5.26 Å². The molecule has 0 aromatic heterocycles. The Hall–Kier alpha value is -0.850. The van der Waals surface area contributed by atoms with E-state index in [2.05, 4.69) is 22.0 Å². The molecule has 1 aliphatic carbocycles. The van der Waals surface area contributed by atoms with Crippen molar-refractivity contribution in [1.29, 1.82) is 5.26 Å². The van der Waals surface area contributed by atoms with Crippen molar-refractivity contribution in [2.75, 3.05) is 0 Å². The smallest absolute Gasteiger partial charge is 0.105 e. The van der Waals surface area contributed by atoms with Crippen LogP contribution in [0, 0.1) is 16.7 Å². The van der Waals surface area contributed by atoms with E-state index in [1.54, 1.807) is 6.92 Å². The van der Waals surface area contributed by atoms with E-state index >= 15 is 0 Å². The molecule has 0 radical (unpaired) electrons. The Morgan fingerprint density at radius 1 is 1.33 bits per heavy atom. The zero-order valence-electron chi connectivity index (χ0n) is 10.6. The molecule has 1 aromatic rings. The Balaban J connectivity index is 2.43. The van der Waals surface area contributed by atoms with E-state index in [0.29, 0.717) is 0 Å². The van der Waals surface area contributed by atoms with Crippen LogP contribution in [-0.4, -0.2) is 5.11 Å². The molecule has 2 nitrogen and oxygen atoms in total. The maximum absolute atomic E-state index is 10.9. The Labute approximate surface area is 117 Å². The second kappa shape index (κ2) is 5.03. The maximum atomic E-state index is 10.9. The Kier molecular flexibility index (Phi) is 3.79. The molecule has 96 valence electrons. The third-order valence-electron chi connectivity index (χ3n) is 4.24. The molecule has 1 aromatic carbocycles. The van der Waals surface area contributed by atoms with E-state index in [0.717, 1.165) is 42.1 Å². The van der Waals surface area contributed by atoms with Gasteiger partial charge in [-0.05, 0) is 37.5 Å². The molecule has 1 N–H and O–H groups in total. The fourth-order valence-corrected chi connectivity index (χ4v) is 3.33. The van der Waals surface area contributed by atoms with Crippen LogP contribution in [0.5, 0.6) is 0 Å². The van der Waals surface area contributed by atoms with E-state index < -0.39 is 11.0 Å². The van der Waals surface area contributed by atoms with Gasteiger partial charge >= 0.3 is 0 Å². The third-order valence-corrected chi connectivity index (χ3v) is 4.73. The van der Waals surface area contributed by atoms with Crippen LogP contribution in [0.2, 0.25) is 0 Å². The molecule has 0 saturated heterocycles. The number of hydrogen-bond donors (Lipinski definition) is 1. The lowest BCUT2D eigenvalue weighted by molar-refractivity contribution is -0.0634. The molecule has 3 heteroatoms. The summed E-state index contributed by atoms with van der Waals surface area (Å²) in [5.74, 6) is 0. The number of nitriles is 1. The minimum absolute atomic E-state index is 0.647. The number of nitrogens with zero attached hydrogens (tertiary/aromatic N) is 1. The van der Waals surface area contributed by atoms with Crippen LogP contribution >= 0.6 is 15.9 Å². The van der Waals surface area contributed by atoms with Crippen molar-refractivity contribution >= 4 is 15.9 Å². The van der Waals surface area contributed by atoms with Gasteiger partial charge < -0.3 is 5.11 Å². The molecule has 0 amide bonds. The number of halogens is 1. The summed E-state index contributed by atoms with van der Waals surface area (Å²) in [4.78, 5) is 0. The van der Waals surface area contributed by atoms with Gasteiger partial charge in [0.05, 0.1) is 11.5 Å². The lowest BCUT2D eigenvalue weighted by Gasteiger charge is -2.43. The van der Waals surface area contributed by atoms with Crippen molar-refractivity contribution in [3.05, 3.63) is 34.3 Å². The summed E-state index contributed by atoms with van der Waals surface area (Å²) < 4.78 is 0.934. The topological polar surface area (TPSA) is 44.0 Å². The Bertz CT molecular complexity index is 470. The largest absolute Gasteiger partial charge is 0.384 e. The zero-order chi connectivity index (χ0) is 13.2. The summed E-state index contributed by atoms with van der Waals surface area (Å²) in [6, 6.07) is 10.1. The minimum Gasteiger partial charge on any atom is -0.384 e. The van der Waals surface area contributed by atoms with Gasteiger partial charge in [0.15, 0.2) is 0 Å². The van der Waals surface area contributed by atoms with E-state index in [1.807, 2.05) is 24.3 Å². The van der Waals surface area contributed by atoms with Gasteiger partial charge in [0.2, 0.25) is 0 Å². The summed E-state index contributed by atoms with van der Waals surface area (Å²) in [7, 11) is 0. The number of benzene rings is 1. The fraction of sp³-hybridized carbons (Fsp3) is 0.533. The van der Waals surface area contributed by atoms with Crippen LogP contribution in [0.25, 0.3) is 0 Å². The van der Waals surface area contributed by atoms with Crippen molar-refractivity contribution in [3.63, 3.8) is 0 Å². The standard InChI is InChI=1S/C15H18BrNO/c1-14(18,12-6-5-7-13(16)10-12)15(11-17)8-3-2-4-9-15/h5-7,10,18H,2-4,8-9H2,1H3. The highest BCUT2D eigenvalue weighted by Gasteiger charge is 2.49. The summed E-state index contributed by atoms with van der Waals surface area (Å²) >= 11 is 3.42. The second-order valence-electron chi connectivity index (χ2n) is 5.34. The minimum atomic E-state index is -1.09. The first-order chi connectivity index (χ1) is 8.52. The molecular formula is C15H18BrNO. The molecule has 0 heterocycles. The molecule has 2 rings (SSSR count). The lowest BCUT2D eigenvalue weighted by atomic mass is 9.62. The van der Waals surface area contributed by atoms with Gasteiger partial charge in [-0.15, -0.1) is 0 Å². The molecular weight excluding hydrogens is 290 g/mol. The van der Waals surface area contributed by atoms with Crippen LogP contribution in [0.3, 0.4) is 0 Å². The first kappa shape index (κ1) is 13.6. The van der Waals surface area contributed by atoms with Gasteiger partial charge in [-0.25, -0.2) is 0 Å². The first-order valence-electron chi connectivity index (χ1n) is 6.41. The average Bonchev–Trinajstić information content (AvgIpc) is 2.39. The quantitative estimate of drug-likeness (QED) is 0.892. The number of aliphatic hydroxyl groups is 1. The van der Waals surface area contributed by atoms with Gasteiger partial charge in [0.1, 0.15) is 5.60 Å². The highest BCUT2D eigenvalue weighted by molar-refractivity contribution is 9.10. The van der Waals surface area contributed by atoms with Crippen molar-refractivity contribution < 1.29 is 5.11 Å². The van der Waals surface area contributed by atoms with Crippen LogP contribution in [-0.2, 0) is 5.60 Å². The summed E-state index contributed by atoms with van der Waals surface area (Å²) in [5, 5.41) is 20.5. The summed E-state index contributed by atoms with van der Waals surface area (Å²) in [6.45, 7) is 1.78. The zero-order valence-corrected chi connectivity index (χ0v) is 12.2. The van der Waals surface area contributed by atoms with Crippen molar-refractivity contribution in [2.24, 2.45) is 5.41 Å². The van der Waals surface area contributed by atoms with Crippen molar-refractivity contribution in [2.45, 2.75) is 44.6 Å². The van der Waals surface area contributed by atoms with Crippen molar-refractivity contribution in [3.8, 4) is 6.07 Å². The number of rotatable bonds is 2. The summed E-state index contributed by atoms with van der Waals surface area (Å²) in [6.07, 6.45) is 4.78. The first-order valence-corrected chi connectivity index (χ1v) is 7.21. The average molecular weight is 308 g/mol. The maximum Gasteiger partial charge on any atom is 0.105 e. The second-order valence-corrected chi connectivity index (χ2v) is 6.25. The molecule has 1 aliphatic rings. The van der Waals surface area contributed by atoms with E-state index in [4.69, 9.17) is 0 Å². The van der Waals surface area contributed by atoms with E-state index in [9.17, 15) is 10.4 Å². The molecule has 18 heavy (non-hydrogen) atoms. The molecule has 0 spiro atoms. The lowest BCUT2D eigenvalue weighted by Crippen LogP contribution is -2.44. The molecule has 0 bridgehead atoms. The predicted molar refractivity (Wildman–Crippen MR) is 74.8 cm³/mol. The van der Waals surface area contributed by atoms with Crippen LogP contribution < -0.4 is 0 Å². The monoisotopic (exact) mass is 307 g/mol. The van der Waals surface area contributed by atoms with Gasteiger partial charge in [0, 0.05) is 4.47 Å². The third kappa shape index (κ3) is 2.20. The molecule has 0 aliphatic heterocycles. The summed E-state index contributed by atoms with van der Waals surface area (Å²) in [5.41, 5.74) is -0.918. The van der Waals surface area contributed by atoms with Gasteiger partial charge in [-0.1, -0.05) is 47.3 Å². The van der Waals surface area contributed by atoms with E-state index in [1.165, 1.54) is 0 Å². The highest BCUT2D eigenvalue weighted by atomic mass is 79.9. The van der Waals surface area contributed by atoms with Crippen LogP contribution in [0.15, 0.2) is 28.7 Å². The molecule has 1 atom stereocenters. The fourth-order valence-electron chi connectivity index (χ4n) is 2.93. The number of hydrogen-bond acceptors (Lipinski definition) is 2. The molecule has 1 fully saturated rings. The Morgan fingerprint density at radius 2 is 2.00 bits per heavy atom. The predicted octanol–water partition coefficient (Wildman–Crippen LogP) is 4.13. The SMILES string of the molecule is CC(O)(c1cccc(Br)c1)C1(C#N)CCCCC1. The highest BCUT2D eigenvalue weighted by Crippen LogP contribution is 2.49. The van der Waals surface area contributed by atoms with Crippen LogP contribution in [0.1, 0.15) is 44.6 Å². The van der Waals surface area contributed by atoms with Gasteiger partial charge in [-0.3, -0.25) is 0 Å². The Morgan fingerprint density at radius 3 is 2.56 bits per heavy atom. The normalized spacial score (nSPS) is 21.9. The van der Waals surface area contributed by atoms with Gasteiger partial charge in [0.25, 0.3) is 0 Å².